The number of imidazole rings is 1. The summed E-state index contributed by atoms with van der Waals surface area (Å²) in [5.74, 6) is -0.980. The lowest BCUT2D eigenvalue weighted by atomic mass is 10.2. The van der Waals surface area contributed by atoms with Crippen LogP contribution in [0.2, 0.25) is 0 Å². The van der Waals surface area contributed by atoms with Crippen LogP contribution in [0.4, 0.5) is 0 Å². The van der Waals surface area contributed by atoms with Crippen LogP contribution in [-0.4, -0.2) is 20.2 Å². The number of hydrogen-bond acceptors (Lipinski definition) is 2. The van der Waals surface area contributed by atoms with Gasteiger partial charge in [-0.1, -0.05) is 0 Å². The zero-order chi connectivity index (χ0) is 12.6. The van der Waals surface area contributed by atoms with Gasteiger partial charge in [-0.25, -0.2) is 9.59 Å². The van der Waals surface area contributed by atoms with E-state index in [1.165, 1.54) is 6.07 Å². The van der Waals surface area contributed by atoms with Crippen LogP contribution in [0.5, 0.6) is 0 Å². The minimum atomic E-state index is -0.980. The van der Waals surface area contributed by atoms with Gasteiger partial charge < -0.3 is 5.11 Å². The molecule has 1 aromatic carbocycles. The Morgan fingerprint density at radius 1 is 1.18 bits per heavy atom. The normalized spacial score (nSPS) is 10.9. The maximum atomic E-state index is 12.0. The summed E-state index contributed by atoms with van der Waals surface area (Å²) in [6.45, 7) is 4.88. The van der Waals surface area contributed by atoms with Crippen molar-refractivity contribution in [2.24, 2.45) is 0 Å². The molecule has 0 aliphatic heterocycles. The molecule has 0 aliphatic carbocycles. The van der Waals surface area contributed by atoms with Gasteiger partial charge in [-0.2, -0.15) is 0 Å². The molecule has 0 bridgehead atoms. The molecule has 1 heterocycles. The van der Waals surface area contributed by atoms with Crippen LogP contribution in [0, 0.1) is 0 Å². The van der Waals surface area contributed by atoms with E-state index in [1.807, 2.05) is 13.8 Å². The fourth-order valence-electron chi connectivity index (χ4n) is 2.06. The van der Waals surface area contributed by atoms with Crippen molar-refractivity contribution in [2.75, 3.05) is 0 Å². The largest absolute Gasteiger partial charge is 0.478 e. The zero-order valence-corrected chi connectivity index (χ0v) is 9.80. The highest BCUT2D eigenvalue weighted by atomic mass is 16.4. The maximum absolute atomic E-state index is 12.0. The van der Waals surface area contributed by atoms with Crippen molar-refractivity contribution in [1.82, 2.24) is 9.13 Å². The van der Waals surface area contributed by atoms with Crippen molar-refractivity contribution in [2.45, 2.75) is 26.9 Å². The molecular formula is C12H14N2O3. The summed E-state index contributed by atoms with van der Waals surface area (Å²) < 4.78 is 3.23. The molecule has 0 radical (unpaired) electrons. The molecule has 0 fully saturated rings. The van der Waals surface area contributed by atoms with E-state index in [2.05, 4.69) is 0 Å². The van der Waals surface area contributed by atoms with E-state index in [1.54, 1.807) is 21.3 Å². The molecular weight excluding hydrogens is 220 g/mol. The number of rotatable bonds is 3. The number of aryl methyl sites for hydroxylation is 2. The maximum Gasteiger partial charge on any atom is 0.335 e. The molecule has 2 rings (SSSR count). The Morgan fingerprint density at radius 2 is 1.76 bits per heavy atom. The molecule has 0 atom stereocenters. The van der Waals surface area contributed by atoms with Crippen molar-refractivity contribution in [1.29, 1.82) is 0 Å². The Hall–Kier alpha value is -2.04. The predicted molar refractivity (Wildman–Crippen MR) is 64.5 cm³/mol. The first-order valence-corrected chi connectivity index (χ1v) is 5.56. The van der Waals surface area contributed by atoms with Crippen molar-refractivity contribution >= 4 is 17.0 Å². The monoisotopic (exact) mass is 234 g/mol. The van der Waals surface area contributed by atoms with Crippen molar-refractivity contribution in [3.05, 3.63) is 34.2 Å². The Bertz CT molecular complexity index is 637. The van der Waals surface area contributed by atoms with Gasteiger partial charge in [0.1, 0.15) is 0 Å². The standard InChI is InChI=1S/C12H14N2O3/c1-3-13-9-6-5-8(11(15)16)7-10(9)14(4-2)12(13)17/h5-7H,3-4H2,1-2H3,(H,15,16). The second kappa shape index (κ2) is 4.08. The molecule has 0 amide bonds. The van der Waals surface area contributed by atoms with Gasteiger partial charge in [-0.15, -0.1) is 0 Å². The van der Waals surface area contributed by atoms with Crippen molar-refractivity contribution in [3.63, 3.8) is 0 Å². The Labute approximate surface area is 97.9 Å². The summed E-state index contributed by atoms with van der Waals surface area (Å²) in [7, 11) is 0. The third-order valence-corrected chi connectivity index (χ3v) is 2.90. The van der Waals surface area contributed by atoms with Gasteiger partial charge in [-0.3, -0.25) is 9.13 Å². The third kappa shape index (κ3) is 1.63. The van der Waals surface area contributed by atoms with Gasteiger partial charge in [0.05, 0.1) is 16.6 Å². The minimum Gasteiger partial charge on any atom is -0.478 e. The van der Waals surface area contributed by atoms with Gasteiger partial charge in [0, 0.05) is 13.1 Å². The average Bonchev–Trinajstić information content (AvgIpc) is 2.58. The molecule has 5 heteroatoms. The molecule has 1 aromatic heterocycles. The molecule has 0 saturated heterocycles. The quantitative estimate of drug-likeness (QED) is 0.876. The van der Waals surface area contributed by atoms with E-state index >= 15 is 0 Å². The number of carboxylic acids is 1. The van der Waals surface area contributed by atoms with Crippen molar-refractivity contribution < 1.29 is 9.90 Å². The highest BCUT2D eigenvalue weighted by Gasteiger charge is 2.13. The number of benzene rings is 1. The van der Waals surface area contributed by atoms with E-state index in [0.717, 1.165) is 5.52 Å². The number of carboxylic acid groups (broad SMARTS) is 1. The molecule has 90 valence electrons. The van der Waals surface area contributed by atoms with E-state index in [-0.39, 0.29) is 11.3 Å². The molecule has 17 heavy (non-hydrogen) atoms. The predicted octanol–water partition coefficient (Wildman–Crippen LogP) is 1.54. The fourth-order valence-corrected chi connectivity index (χ4v) is 2.06. The highest BCUT2D eigenvalue weighted by molar-refractivity contribution is 5.92. The van der Waals surface area contributed by atoms with Gasteiger partial charge in [0.25, 0.3) is 0 Å². The number of fused-ring (bicyclic) bond motifs is 1. The van der Waals surface area contributed by atoms with Crippen LogP contribution in [-0.2, 0) is 13.1 Å². The molecule has 0 aliphatic rings. The van der Waals surface area contributed by atoms with Crippen LogP contribution in [0.25, 0.3) is 11.0 Å². The number of aromatic nitrogens is 2. The smallest absolute Gasteiger partial charge is 0.335 e. The first-order chi connectivity index (χ1) is 8.10. The fraction of sp³-hybridized carbons (Fsp3) is 0.333. The highest BCUT2D eigenvalue weighted by Crippen LogP contribution is 2.15. The number of hydrogen-bond donors (Lipinski definition) is 1. The van der Waals surface area contributed by atoms with Crippen LogP contribution < -0.4 is 5.69 Å². The lowest BCUT2D eigenvalue weighted by Crippen LogP contribution is -2.23. The summed E-state index contributed by atoms with van der Waals surface area (Å²) in [5.41, 5.74) is 1.57. The van der Waals surface area contributed by atoms with E-state index in [9.17, 15) is 9.59 Å². The molecule has 2 aromatic rings. The third-order valence-electron chi connectivity index (χ3n) is 2.90. The van der Waals surface area contributed by atoms with Crippen LogP contribution in [0.1, 0.15) is 24.2 Å². The Morgan fingerprint density at radius 3 is 2.29 bits per heavy atom. The van der Waals surface area contributed by atoms with E-state index in [0.29, 0.717) is 18.6 Å². The molecule has 1 N–H and O–H groups in total. The van der Waals surface area contributed by atoms with Crippen LogP contribution >= 0.6 is 0 Å². The Kier molecular flexibility index (Phi) is 2.75. The van der Waals surface area contributed by atoms with Crippen LogP contribution in [0.3, 0.4) is 0 Å². The first kappa shape index (κ1) is 11.4. The summed E-state index contributed by atoms with van der Waals surface area (Å²) >= 11 is 0. The molecule has 5 nitrogen and oxygen atoms in total. The van der Waals surface area contributed by atoms with Gasteiger partial charge in [-0.05, 0) is 32.0 Å². The number of nitrogens with zero attached hydrogens (tertiary/aromatic N) is 2. The van der Waals surface area contributed by atoms with Gasteiger partial charge in [0.2, 0.25) is 0 Å². The van der Waals surface area contributed by atoms with Crippen molar-refractivity contribution in [3.8, 4) is 0 Å². The second-order valence-corrected chi connectivity index (χ2v) is 3.78. The SMILES string of the molecule is CCn1c(=O)n(CC)c2cc(C(=O)O)ccc21. The molecule has 0 saturated carbocycles. The summed E-state index contributed by atoms with van der Waals surface area (Å²) in [4.78, 5) is 22.9. The number of aromatic carboxylic acids is 1. The molecule has 0 spiro atoms. The zero-order valence-electron chi connectivity index (χ0n) is 9.80. The summed E-state index contributed by atoms with van der Waals surface area (Å²) in [6, 6.07) is 4.76. The first-order valence-electron chi connectivity index (χ1n) is 5.56. The lowest BCUT2D eigenvalue weighted by Gasteiger charge is -1.99. The summed E-state index contributed by atoms with van der Waals surface area (Å²) in [5, 5.41) is 8.95. The summed E-state index contributed by atoms with van der Waals surface area (Å²) in [6.07, 6.45) is 0. The Balaban J connectivity index is 2.85. The number of carbonyl (C=O) groups is 1. The van der Waals surface area contributed by atoms with Crippen LogP contribution in [0.15, 0.2) is 23.0 Å². The lowest BCUT2D eigenvalue weighted by molar-refractivity contribution is 0.0697. The second-order valence-electron chi connectivity index (χ2n) is 3.78. The van der Waals surface area contributed by atoms with Gasteiger partial charge >= 0.3 is 11.7 Å². The minimum absolute atomic E-state index is 0.0902. The average molecular weight is 234 g/mol. The topological polar surface area (TPSA) is 64.2 Å². The molecule has 0 unspecified atom stereocenters. The van der Waals surface area contributed by atoms with E-state index < -0.39 is 5.97 Å². The van der Waals surface area contributed by atoms with E-state index in [4.69, 9.17) is 5.11 Å². The van der Waals surface area contributed by atoms with Gasteiger partial charge in [0.15, 0.2) is 0 Å².